The number of amides is 1. The van der Waals surface area contributed by atoms with Gasteiger partial charge in [-0.05, 0) is 18.6 Å². The minimum absolute atomic E-state index is 0.119. The van der Waals surface area contributed by atoms with Crippen LogP contribution in [0.2, 0.25) is 0 Å². The van der Waals surface area contributed by atoms with E-state index in [1.165, 1.54) is 0 Å². The number of nitrogens with one attached hydrogen (secondary N) is 1. The summed E-state index contributed by atoms with van der Waals surface area (Å²) in [5, 5.41) is 16.1. The van der Waals surface area contributed by atoms with Crippen molar-refractivity contribution in [2.75, 3.05) is 51.9 Å². The summed E-state index contributed by atoms with van der Waals surface area (Å²) in [6.45, 7) is 4.02. The Bertz CT molecular complexity index is 698. The quantitative estimate of drug-likeness (QED) is 0.689. The number of methoxy groups -OCH3 is 1. The van der Waals surface area contributed by atoms with E-state index in [0.717, 1.165) is 18.8 Å². The van der Waals surface area contributed by atoms with Crippen LogP contribution in [0.1, 0.15) is 18.7 Å². The van der Waals surface area contributed by atoms with E-state index in [-0.39, 0.29) is 5.91 Å². The van der Waals surface area contributed by atoms with Crippen molar-refractivity contribution in [2.45, 2.75) is 19.3 Å². The minimum Gasteiger partial charge on any atom is -0.385 e. The molecule has 1 amide bonds. The van der Waals surface area contributed by atoms with Crippen molar-refractivity contribution in [3.05, 3.63) is 18.0 Å². The number of morpholine rings is 1. The first-order valence-corrected chi connectivity index (χ1v) is 8.57. The van der Waals surface area contributed by atoms with E-state index in [1.54, 1.807) is 11.6 Å². The highest BCUT2D eigenvalue weighted by Crippen LogP contribution is 2.10. The van der Waals surface area contributed by atoms with Gasteiger partial charge >= 0.3 is 0 Å². The Balaban J connectivity index is 1.59. The number of hydrogen-bond donors (Lipinski definition) is 1. The zero-order valence-electron chi connectivity index (χ0n) is 14.5. The highest BCUT2D eigenvalue weighted by molar-refractivity contribution is 5.76. The SMILES string of the molecule is COCCCNc1ccc2nnc(CCC(=O)N3CCOCC3)n2n1. The monoisotopic (exact) mass is 348 g/mol. The van der Waals surface area contributed by atoms with E-state index in [4.69, 9.17) is 9.47 Å². The van der Waals surface area contributed by atoms with Crippen LogP contribution in [0.15, 0.2) is 12.1 Å². The summed E-state index contributed by atoms with van der Waals surface area (Å²) in [5.74, 6) is 1.57. The number of carbonyl (C=O) groups excluding carboxylic acids is 1. The van der Waals surface area contributed by atoms with E-state index in [9.17, 15) is 4.79 Å². The molecule has 9 heteroatoms. The van der Waals surface area contributed by atoms with Crippen molar-refractivity contribution < 1.29 is 14.3 Å². The fraction of sp³-hybridized carbons (Fsp3) is 0.625. The molecule has 3 heterocycles. The van der Waals surface area contributed by atoms with Crippen molar-refractivity contribution in [1.29, 1.82) is 0 Å². The molecule has 1 aliphatic heterocycles. The first-order chi connectivity index (χ1) is 12.3. The normalized spacial score (nSPS) is 14.8. The molecule has 25 heavy (non-hydrogen) atoms. The molecule has 2 aromatic heterocycles. The molecule has 136 valence electrons. The molecule has 0 saturated carbocycles. The molecule has 1 saturated heterocycles. The second-order valence-electron chi connectivity index (χ2n) is 5.87. The second kappa shape index (κ2) is 8.72. The zero-order valence-corrected chi connectivity index (χ0v) is 14.5. The van der Waals surface area contributed by atoms with Gasteiger partial charge in [-0.25, -0.2) is 0 Å². The molecule has 0 aromatic carbocycles. The number of aromatic nitrogens is 4. The van der Waals surface area contributed by atoms with Gasteiger partial charge < -0.3 is 19.7 Å². The molecule has 1 fully saturated rings. The Hall–Kier alpha value is -2.26. The summed E-state index contributed by atoms with van der Waals surface area (Å²) in [4.78, 5) is 14.1. The standard InChI is InChI=1S/C16H24N6O3/c1-24-10-2-7-17-13-3-4-14-18-19-15(22(14)20-13)5-6-16(23)21-8-11-25-12-9-21/h3-4H,2,5-12H2,1H3,(H,17,20). The minimum atomic E-state index is 0.119. The molecule has 3 rings (SSSR count). The van der Waals surface area contributed by atoms with Gasteiger partial charge in [-0.3, -0.25) is 4.79 Å². The Morgan fingerprint density at radius 3 is 2.96 bits per heavy atom. The molecule has 0 bridgehead atoms. The van der Waals surface area contributed by atoms with Crippen LogP contribution in [0.5, 0.6) is 0 Å². The zero-order chi connectivity index (χ0) is 17.5. The fourth-order valence-electron chi connectivity index (χ4n) is 2.71. The van der Waals surface area contributed by atoms with Crippen LogP contribution in [0.4, 0.5) is 5.82 Å². The summed E-state index contributed by atoms with van der Waals surface area (Å²) in [7, 11) is 1.69. The lowest BCUT2D eigenvalue weighted by Gasteiger charge is -2.26. The second-order valence-corrected chi connectivity index (χ2v) is 5.87. The van der Waals surface area contributed by atoms with Crippen molar-refractivity contribution >= 4 is 17.4 Å². The highest BCUT2D eigenvalue weighted by Gasteiger charge is 2.18. The predicted molar refractivity (Wildman–Crippen MR) is 91.5 cm³/mol. The van der Waals surface area contributed by atoms with E-state index >= 15 is 0 Å². The topological polar surface area (TPSA) is 93.9 Å². The lowest BCUT2D eigenvalue weighted by atomic mass is 10.2. The first kappa shape index (κ1) is 17.6. The number of fused-ring (bicyclic) bond motifs is 1. The number of hydrogen-bond acceptors (Lipinski definition) is 7. The Labute approximate surface area is 146 Å². The number of nitrogens with zero attached hydrogens (tertiary/aromatic N) is 5. The Kier molecular flexibility index (Phi) is 6.13. The maximum atomic E-state index is 12.3. The van der Waals surface area contributed by atoms with Crippen molar-refractivity contribution in [1.82, 2.24) is 24.7 Å². The number of rotatable bonds is 8. The molecule has 0 unspecified atom stereocenters. The molecule has 2 aromatic rings. The van der Waals surface area contributed by atoms with Gasteiger partial charge in [0.25, 0.3) is 0 Å². The Morgan fingerprint density at radius 2 is 2.16 bits per heavy atom. The van der Waals surface area contributed by atoms with Gasteiger partial charge in [-0.15, -0.1) is 15.3 Å². The largest absolute Gasteiger partial charge is 0.385 e. The fourth-order valence-corrected chi connectivity index (χ4v) is 2.71. The highest BCUT2D eigenvalue weighted by atomic mass is 16.5. The summed E-state index contributed by atoms with van der Waals surface area (Å²) in [5.41, 5.74) is 0.677. The molecule has 0 atom stereocenters. The number of anilines is 1. The van der Waals surface area contributed by atoms with E-state index in [0.29, 0.717) is 57.2 Å². The third-order valence-corrected chi connectivity index (χ3v) is 4.09. The molecule has 1 N–H and O–H groups in total. The molecular formula is C16H24N6O3. The average Bonchev–Trinajstić information content (AvgIpc) is 3.06. The molecule has 1 aliphatic rings. The molecular weight excluding hydrogens is 324 g/mol. The van der Waals surface area contributed by atoms with Gasteiger partial charge in [0.1, 0.15) is 5.82 Å². The summed E-state index contributed by atoms with van der Waals surface area (Å²) < 4.78 is 12.0. The maximum Gasteiger partial charge on any atom is 0.223 e. The number of aryl methyl sites for hydroxylation is 1. The van der Waals surface area contributed by atoms with Gasteiger partial charge in [0.2, 0.25) is 5.91 Å². The smallest absolute Gasteiger partial charge is 0.223 e. The first-order valence-electron chi connectivity index (χ1n) is 8.57. The van der Waals surface area contributed by atoms with Crippen LogP contribution in [-0.2, 0) is 20.7 Å². The van der Waals surface area contributed by atoms with E-state index in [1.807, 2.05) is 17.0 Å². The van der Waals surface area contributed by atoms with E-state index in [2.05, 4.69) is 20.6 Å². The predicted octanol–water partition coefficient (Wildman–Crippen LogP) is 0.364. The van der Waals surface area contributed by atoms with Crippen LogP contribution >= 0.6 is 0 Å². The molecule has 9 nitrogen and oxygen atoms in total. The summed E-state index contributed by atoms with van der Waals surface area (Å²) >= 11 is 0. The van der Waals surface area contributed by atoms with Crippen LogP contribution in [0, 0.1) is 0 Å². The van der Waals surface area contributed by atoms with Gasteiger partial charge in [-0.1, -0.05) is 0 Å². The van der Waals surface area contributed by atoms with Crippen LogP contribution < -0.4 is 5.32 Å². The summed E-state index contributed by atoms with van der Waals surface area (Å²) in [6, 6.07) is 3.74. The summed E-state index contributed by atoms with van der Waals surface area (Å²) in [6.07, 6.45) is 1.81. The molecule has 0 radical (unpaired) electrons. The van der Waals surface area contributed by atoms with Crippen LogP contribution in [0.3, 0.4) is 0 Å². The lowest BCUT2D eigenvalue weighted by Crippen LogP contribution is -2.40. The number of ether oxygens (including phenoxy) is 2. The van der Waals surface area contributed by atoms with Gasteiger partial charge in [0.15, 0.2) is 11.5 Å². The molecule has 0 spiro atoms. The number of carbonyl (C=O) groups is 1. The van der Waals surface area contributed by atoms with Crippen molar-refractivity contribution in [3.8, 4) is 0 Å². The van der Waals surface area contributed by atoms with Crippen molar-refractivity contribution in [3.63, 3.8) is 0 Å². The lowest BCUT2D eigenvalue weighted by molar-refractivity contribution is -0.135. The Morgan fingerprint density at radius 1 is 1.32 bits per heavy atom. The van der Waals surface area contributed by atoms with Gasteiger partial charge in [0.05, 0.1) is 13.2 Å². The molecule has 0 aliphatic carbocycles. The van der Waals surface area contributed by atoms with Gasteiger partial charge in [0, 0.05) is 46.2 Å². The van der Waals surface area contributed by atoms with E-state index < -0.39 is 0 Å². The van der Waals surface area contributed by atoms with Gasteiger partial charge in [-0.2, -0.15) is 4.52 Å². The maximum absolute atomic E-state index is 12.3. The average molecular weight is 348 g/mol. The third-order valence-electron chi connectivity index (χ3n) is 4.09. The van der Waals surface area contributed by atoms with Crippen molar-refractivity contribution in [2.24, 2.45) is 0 Å². The van der Waals surface area contributed by atoms with Crippen LogP contribution in [0.25, 0.3) is 5.65 Å². The van der Waals surface area contributed by atoms with Crippen LogP contribution in [-0.4, -0.2) is 77.2 Å². The third kappa shape index (κ3) is 4.64.